The van der Waals surface area contributed by atoms with Gasteiger partial charge in [-0.15, -0.1) is 0 Å². The standard InChI is InChI=1S/C16H26O2/c17-15(13-6-2-3-7-13)14-8-11-18-16(12-14)9-4-1-5-10-16/h13-14H,1-12H2. The monoisotopic (exact) mass is 250 g/mol. The summed E-state index contributed by atoms with van der Waals surface area (Å²) in [5.41, 5.74) is 0.0927. The van der Waals surface area contributed by atoms with E-state index in [1.54, 1.807) is 0 Å². The van der Waals surface area contributed by atoms with Crippen LogP contribution in [0, 0.1) is 11.8 Å². The van der Waals surface area contributed by atoms with Gasteiger partial charge in [-0.1, -0.05) is 32.1 Å². The predicted octanol–water partition coefficient (Wildman–Crippen LogP) is 3.88. The van der Waals surface area contributed by atoms with Gasteiger partial charge in [0.05, 0.1) is 5.60 Å². The number of rotatable bonds is 2. The molecule has 2 nitrogen and oxygen atoms in total. The molecule has 3 fully saturated rings. The van der Waals surface area contributed by atoms with E-state index in [9.17, 15) is 4.79 Å². The topological polar surface area (TPSA) is 26.3 Å². The average molecular weight is 250 g/mol. The van der Waals surface area contributed by atoms with E-state index in [0.717, 1.165) is 32.3 Å². The maximum Gasteiger partial charge on any atom is 0.139 e. The third-order valence-electron chi connectivity index (χ3n) is 5.42. The van der Waals surface area contributed by atoms with E-state index < -0.39 is 0 Å². The van der Waals surface area contributed by atoms with Crippen molar-refractivity contribution in [1.29, 1.82) is 0 Å². The van der Waals surface area contributed by atoms with E-state index in [-0.39, 0.29) is 5.60 Å². The number of ether oxygens (including phenoxy) is 1. The van der Waals surface area contributed by atoms with Gasteiger partial charge in [0.25, 0.3) is 0 Å². The molecule has 1 heterocycles. The Balaban J connectivity index is 1.64. The summed E-state index contributed by atoms with van der Waals surface area (Å²) in [7, 11) is 0. The first kappa shape index (κ1) is 12.7. The van der Waals surface area contributed by atoms with Crippen LogP contribution in [0.15, 0.2) is 0 Å². The van der Waals surface area contributed by atoms with Gasteiger partial charge in [-0.2, -0.15) is 0 Å². The molecule has 1 unspecified atom stereocenters. The lowest BCUT2D eigenvalue weighted by Gasteiger charge is -2.43. The second-order valence-electron chi connectivity index (χ2n) is 6.67. The summed E-state index contributed by atoms with van der Waals surface area (Å²) in [5, 5.41) is 0. The fourth-order valence-corrected chi connectivity index (χ4v) is 4.36. The molecule has 0 radical (unpaired) electrons. The molecule has 1 spiro atoms. The molecule has 2 heteroatoms. The minimum Gasteiger partial charge on any atom is -0.375 e. The second-order valence-corrected chi connectivity index (χ2v) is 6.67. The first-order valence-corrected chi connectivity index (χ1v) is 7.97. The smallest absolute Gasteiger partial charge is 0.139 e. The third-order valence-corrected chi connectivity index (χ3v) is 5.42. The summed E-state index contributed by atoms with van der Waals surface area (Å²) in [6, 6.07) is 0. The van der Waals surface area contributed by atoms with Gasteiger partial charge in [-0.25, -0.2) is 0 Å². The first-order valence-electron chi connectivity index (χ1n) is 7.97. The van der Waals surface area contributed by atoms with Crippen LogP contribution in [-0.4, -0.2) is 18.0 Å². The van der Waals surface area contributed by atoms with Crippen molar-refractivity contribution in [2.45, 2.75) is 76.2 Å². The van der Waals surface area contributed by atoms with E-state index in [0.29, 0.717) is 17.6 Å². The van der Waals surface area contributed by atoms with E-state index in [1.807, 2.05) is 0 Å². The molecule has 2 saturated carbocycles. The fraction of sp³-hybridized carbons (Fsp3) is 0.938. The maximum atomic E-state index is 12.6. The van der Waals surface area contributed by atoms with Gasteiger partial charge in [-0.05, 0) is 38.5 Å². The largest absolute Gasteiger partial charge is 0.375 e. The van der Waals surface area contributed by atoms with Crippen molar-refractivity contribution in [2.24, 2.45) is 11.8 Å². The molecule has 0 aromatic carbocycles. The predicted molar refractivity (Wildman–Crippen MR) is 71.5 cm³/mol. The zero-order chi connectivity index (χ0) is 12.4. The summed E-state index contributed by atoms with van der Waals surface area (Å²) in [6.45, 7) is 0.823. The minimum atomic E-state index is 0.0927. The van der Waals surface area contributed by atoms with Crippen molar-refractivity contribution >= 4 is 5.78 Å². The number of Topliss-reactive ketones (excluding diaryl/α,β-unsaturated/α-hetero) is 1. The van der Waals surface area contributed by atoms with Crippen molar-refractivity contribution in [3.8, 4) is 0 Å². The van der Waals surface area contributed by atoms with Crippen molar-refractivity contribution in [2.75, 3.05) is 6.61 Å². The van der Waals surface area contributed by atoms with Crippen LogP contribution >= 0.6 is 0 Å². The Morgan fingerprint density at radius 2 is 1.61 bits per heavy atom. The zero-order valence-corrected chi connectivity index (χ0v) is 11.5. The zero-order valence-electron chi connectivity index (χ0n) is 11.5. The van der Waals surface area contributed by atoms with Gasteiger partial charge in [-0.3, -0.25) is 4.79 Å². The van der Waals surface area contributed by atoms with Crippen molar-refractivity contribution in [3.05, 3.63) is 0 Å². The summed E-state index contributed by atoms with van der Waals surface area (Å²) >= 11 is 0. The van der Waals surface area contributed by atoms with E-state index >= 15 is 0 Å². The van der Waals surface area contributed by atoms with Crippen LogP contribution in [0.1, 0.15) is 70.6 Å². The Bertz CT molecular complexity index is 293. The Hall–Kier alpha value is -0.370. The quantitative estimate of drug-likeness (QED) is 0.743. The molecule has 1 saturated heterocycles. The van der Waals surface area contributed by atoms with Gasteiger partial charge >= 0.3 is 0 Å². The van der Waals surface area contributed by atoms with E-state index in [4.69, 9.17) is 4.74 Å². The molecule has 2 aliphatic carbocycles. The van der Waals surface area contributed by atoms with Crippen LogP contribution in [0.3, 0.4) is 0 Å². The molecule has 0 aromatic rings. The Labute approximate surface area is 110 Å². The molecule has 18 heavy (non-hydrogen) atoms. The summed E-state index contributed by atoms with van der Waals surface area (Å²) in [5.74, 6) is 1.30. The molecule has 3 rings (SSSR count). The van der Waals surface area contributed by atoms with Gasteiger partial charge < -0.3 is 4.74 Å². The summed E-state index contributed by atoms with van der Waals surface area (Å²) in [4.78, 5) is 12.6. The highest BCUT2D eigenvalue weighted by atomic mass is 16.5. The number of ketones is 1. The van der Waals surface area contributed by atoms with Crippen molar-refractivity contribution in [3.63, 3.8) is 0 Å². The summed E-state index contributed by atoms with van der Waals surface area (Å²) in [6.07, 6.45) is 13.2. The third kappa shape index (κ3) is 2.49. The van der Waals surface area contributed by atoms with Gasteiger partial charge in [0, 0.05) is 18.4 Å². The number of hydrogen-bond donors (Lipinski definition) is 0. The van der Waals surface area contributed by atoms with Crippen LogP contribution in [0.5, 0.6) is 0 Å². The lowest BCUT2D eigenvalue weighted by Crippen LogP contribution is -2.44. The highest BCUT2D eigenvalue weighted by Crippen LogP contribution is 2.42. The summed E-state index contributed by atoms with van der Waals surface area (Å²) < 4.78 is 6.10. The molecule has 1 aliphatic heterocycles. The fourth-order valence-electron chi connectivity index (χ4n) is 4.36. The molecule has 0 aromatic heterocycles. The van der Waals surface area contributed by atoms with Crippen LogP contribution < -0.4 is 0 Å². The number of hydrogen-bond acceptors (Lipinski definition) is 2. The molecular weight excluding hydrogens is 224 g/mol. The van der Waals surface area contributed by atoms with Gasteiger partial charge in [0.2, 0.25) is 0 Å². The number of carbonyl (C=O) groups excluding carboxylic acids is 1. The second kappa shape index (κ2) is 5.32. The molecule has 0 N–H and O–H groups in total. The Morgan fingerprint density at radius 1 is 0.889 bits per heavy atom. The van der Waals surface area contributed by atoms with Crippen LogP contribution in [0.4, 0.5) is 0 Å². The SMILES string of the molecule is O=C(C1CCCC1)C1CCOC2(CCCCC2)C1. The van der Waals surface area contributed by atoms with Crippen LogP contribution in [-0.2, 0) is 9.53 Å². The van der Waals surface area contributed by atoms with Crippen LogP contribution in [0.25, 0.3) is 0 Å². The Kier molecular flexibility index (Phi) is 3.74. The average Bonchev–Trinajstić information content (AvgIpc) is 2.93. The molecular formula is C16H26O2. The molecule has 0 amide bonds. The molecule has 1 atom stereocenters. The van der Waals surface area contributed by atoms with Crippen molar-refractivity contribution in [1.82, 2.24) is 0 Å². The maximum absolute atomic E-state index is 12.6. The van der Waals surface area contributed by atoms with Gasteiger partial charge in [0.1, 0.15) is 5.78 Å². The van der Waals surface area contributed by atoms with E-state index in [2.05, 4.69) is 0 Å². The van der Waals surface area contributed by atoms with E-state index in [1.165, 1.54) is 44.9 Å². The molecule has 0 bridgehead atoms. The molecule has 3 aliphatic rings. The van der Waals surface area contributed by atoms with Crippen molar-refractivity contribution < 1.29 is 9.53 Å². The normalized spacial score (nSPS) is 32.8. The highest BCUT2D eigenvalue weighted by Gasteiger charge is 2.42. The highest BCUT2D eigenvalue weighted by molar-refractivity contribution is 5.83. The Morgan fingerprint density at radius 3 is 2.33 bits per heavy atom. The molecule has 102 valence electrons. The lowest BCUT2D eigenvalue weighted by molar-refractivity contribution is -0.145. The minimum absolute atomic E-state index is 0.0927. The number of carbonyl (C=O) groups is 1. The lowest BCUT2D eigenvalue weighted by atomic mass is 9.73. The van der Waals surface area contributed by atoms with Crippen LogP contribution in [0.2, 0.25) is 0 Å². The first-order chi connectivity index (χ1) is 8.79. The van der Waals surface area contributed by atoms with Gasteiger partial charge in [0.15, 0.2) is 0 Å².